The molecule has 0 saturated carbocycles. The predicted octanol–water partition coefficient (Wildman–Crippen LogP) is 5.00. The number of halogens is 1. The molecule has 3 aromatic rings. The summed E-state index contributed by atoms with van der Waals surface area (Å²) in [6, 6.07) is 17.7. The summed E-state index contributed by atoms with van der Waals surface area (Å²) in [5.41, 5.74) is 2.64. The van der Waals surface area contributed by atoms with Gasteiger partial charge in [-0.3, -0.25) is 10.1 Å². The minimum absolute atomic E-state index is 0.0559. The maximum atomic E-state index is 10.7. The molecule has 120 valence electrons. The van der Waals surface area contributed by atoms with Crippen molar-refractivity contribution in [1.82, 2.24) is 10.2 Å². The van der Waals surface area contributed by atoms with Gasteiger partial charge in [-0.25, -0.2) is 0 Å². The Kier molecular flexibility index (Phi) is 5.08. The van der Waals surface area contributed by atoms with Crippen molar-refractivity contribution >= 4 is 29.1 Å². The van der Waals surface area contributed by atoms with Crippen LogP contribution < -0.4 is 0 Å². The normalized spacial score (nSPS) is 10.5. The molecule has 5 nitrogen and oxygen atoms in total. The zero-order valence-corrected chi connectivity index (χ0v) is 14.0. The van der Waals surface area contributed by atoms with Crippen molar-refractivity contribution in [2.75, 3.05) is 0 Å². The molecule has 1 heterocycles. The standard InChI is InChI=1S/C17H12ClN3O2S/c18-14-3-1-2-12(10-14)11-24-17-9-8-16(19-20-17)13-4-6-15(7-5-13)21(22)23/h1-10H,11H2. The van der Waals surface area contributed by atoms with Crippen LogP contribution in [-0.2, 0) is 5.75 Å². The van der Waals surface area contributed by atoms with Gasteiger partial charge in [0.05, 0.1) is 10.6 Å². The first-order chi connectivity index (χ1) is 11.6. The third-order valence-electron chi connectivity index (χ3n) is 3.29. The van der Waals surface area contributed by atoms with Crippen molar-refractivity contribution < 1.29 is 4.92 Å². The lowest BCUT2D eigenvalue weighted by Gasteiger charge is -2.03. The molecular weight excluding hydrogens is 346 g/mol. The van der Waals surface area contributed by atoms with Gasteiger partial charge >= 0.3 is 0 Å². The maximum Gasteiger partial charge on any atom is 0.269 e. The maximum absolute atomic E-state index is 10.7. The highest BCUT2D eigenvalue weighted by molar-refractivity contribution is 7.98. The number of aromatic nitrogens is 2. The van der Waals surface area contributed by atoms with Gasteiger partial charge in [-0.1, -0.05) is 35.5 Å². The van der Waals surface area contributed by atoms with Crippen LogP contribution in [0.1, 0.15) is 5.56 Å². The number of nitrogens with zero attached hydrogens (tertiary/aromatic N) is 3. The average molecular weight is 358 g/mol. The van der Waals surface area contributed by atoms with E-state index in [4.69, 9.17) is 11.6 Å². The second-order valence-corrected chi connectivity index (χ2v) is 6.41. The molecule has 0 saturated heterocycles. The first kappa shape index (κ1) is 16.4. The molecule has 7 heteroatoms. The lowest BCUT2D eigenvalue weighted by atomic mass is 10.1. The fourth-order valence-corrected chi connectivity index (χ4v) is 3.06. The molecule has 0 unspecified atom stereocenters. The third-order valence-corrected chi connectivity index (χ3v) is 4.52. The van der Waals surface area contributed by atoms with E-state index < -0.39 is 4.92 Å². The van der Waals surface area contributed by atoms with Gasteiger partial charge in [0.2, 0.25) is 0 Å². The van der Waals surface area contributed by atoms with E-state index in [-0.39, 0.29) is 5.69 Å². The van der Waals surface area contributed by atoms with E-state index in [1.54, 1.807) is 23.9 Å². The van der Waals surface area contributed by atoms with Gasteiger partial charge in [-0.15, -0.1) is 10.2 Å². The van der Waals surface area contributed by atoms with Gasteiger partial charge in [0.15, 0.2) is 0 Å². The van der Waals surface area contributed by atoms with Crippen molar-refractivity contribution in [3.63, 3.8) is 0 Å². The molecule has 0 atom stereocenters. The highest BCUT2D eigenvalue weighted by Gasteiger charge is 2.07. The van der Waals surface area contributed by atoms with E-state index in [2.05, 4.69) is 10.2 Å². The highest BCUT2D eigenvalue weighted by Crippen LogP contribution is 2.24. The Morgan fingerprint density at radius 2 is 1.83 bits per heavy atom. The Morgan fingerprint density at radius 3 is 2.46 bits per heavy atom. The molecule has 3 rings (SSSR count). The number of benzene rings is 2. The summed E-state index contributed by atoms with van der Waals surface area (Å²) in [7, 11) is 0. The molecule has 0 amide bonds. The van der Waals surface area contributed by atoms with Crippen molar-refractivity contribution in [2.24, 2.45) is 0 Å². The van der Waals surface area contributed by atoms with E-state index in [9.17, 15) is 10.1 Å². The summed E-state index contributed by atoms with van der Waals surface area (Å²) in [5.74, 6) is 0.756. The second-order valence-electron chi connectivity index (χ2n) is 4.98. The van der Waals surface area contributed by atoms with Crippen LogP contribution in [0.3, 0.4) is 0 Å². The molecule has 0 aliphatic heterocycles. The summed E-state index contributed by atoms with van der Waals surface area (Å²) in [4.78, 5) is 10.2. The zero-order chi connectivity index (χ0) is 16.9. The number of rotatable bonds is 5. The van der Waals surface area contributed by atoms with Crippen molar-refractivity contribution in [1.29, 1.82) is 0 Å². The van der Waals surface area contributed by atoms with E-state index in [1.807, 2.05) is 36.4 Å². The number of nitro benzene ring substituents is 1. The van der Waals surface area contributed by atoms with Crippen LogP contribution in [0, 0.1) is 10.1 Å². The number of hydrogen-bond acceptors (Lipinski definition) is 5. The molecule has 0 bridgehead atoms. The van der Waals surface area contributed by atoms with Crippen LogP contribution in [0.2, 0.25) is 5.02 Å². The van der Waals surface area contributed by atoms with Crippen LogP contribution in [0.5, 0.6) is 0 Å². The monoisotopic (exact) mass is 357 g/mol. The van der Waals surface area contributed by atoms with Gasteiger partial charge < -0.3 is 0 Å². The predicted molar refractivity (Wildman–Crippen MR) is 95.1 cm³/mol. The van der Waals surface area contributed by atoms with Gasteiger partial charge in [0.25, 0.3) is 5.69 Å². The Balaban J connectivity index is 1.67. The smallest absolute Gasteiger partial charge is 0.258 e. The lowest BCUT2D eigenvalue weighted by Crippen LogP contribution is -1.91. The lowest BCUT2D eigenvalue weighted by molar-refractivity contribution is -0.384. The van der Waals surface area contributed by atoms with E-state index >= 15 is 0 Å². The van der Waals surface area contributed by atoms with Crippen LogP contribution in [0.25, 0.3) is 11.3 Å². The zero-order valence-electron chi connectivity index (χ0n) is 12.4. The van der Waals surface area contributed by atoms with E-state index in [0.29, 0.717) is 10.7 Å². The van der Waals surface area contributed by atoms with Crippen molar-refractivity contribution in [3.8, 4) is 11.3 Å². The number of non-ortho nitro benzene ring substituents is 1. The molecule has 0 N–H and O–H groups in total. The molecule has 2 aromatic carbocycles. The Morgan fingerprint density at radius 1 is 1.04 bits per heavy atom. The summed E-state index contributed by atoms with van der Waals surface area (Å²) in [6.07, 6.45) is 0. The average Bonchev–Trinajstić information content (AvgIpc) is 2.61. The van der Waals surface area contributed by atoms with Crippen LogP contribution in [0.15, 0.2) is 65.7 Å². The van der Waals surface area contributed by atoms with Crippen LogP contribution in [0.4, 0.5) is 5.69 Å². The minimum atomic E-state index is -0.426. The molecule has 0 fully saturated rings. The second kappa shape index (κ2) is 7.42. The van der Waals surface area contributed by atoms with Gasteiger partial charge in [0, 0.05) is 28.5 Å². The molecule has 0 aliphatic rings. The number of thioether (sulfide) groups is 1. The summed E-state index contributed by atoms with van der Waals surface area (Å²) >= 11 is 7.54. The van der Waals surface area contributed by atoms with Gasteiger partial charge in [0.1, 0.15) is 5.03 Å². The summed E-state index contributed by atoms with van der Waals surface area (Å²) in [5, 5.41) is 20.6. The third kappa shape index (κ3) is 4.10. The first-order valence-electron chi connectivity index (χ1n) is 7.07. The quantitative estimate of drug-likeness (QED) is 0.365. The van der Waals surface area contributed by atoms with Crippen molar-refractivity contribution in [2.45, 2.75) is 10.8 Å². The minimum Gasteiger partial charge on any atom is -0.258 e. The molecule has 1 aromatic heterocycles. The van der Waals surface area contributed by atoms with Gasteiger partial charge in [-0.05, 0) is 42.0 Å². The SMILES string of the molecule is O=[N+]([O-])c1ccc(-c2ccc(SCc3cccc(Cl)c3)nn2)cc1. The number of hydrogen-bond donors (Lipinski definition) is 0. The first-order valence-corrected chi connectivity index (χ1v) is 8.44. The van der Waals surface area contributed by atoms with Crippen LogP contribution in [-0.4, -0.2) is 15.1 Å². The molecular formula is C17H12ClN3O2S. The van der Waals surface area contributed by atoms with E-state index in [1.165, 1.54) is 12.1 Å². The Hall–Kier alpha value is -2.44. The molecule has 0 aliphatic carbocycles. The largest absolute Gasteiger partial charge is 0.269 e. The van der Waals surface area contributed by atoms with Gasteiger partial charge in [-0.2, -0.15) is 0 Å². The Labute approximate surface area is 147 Å². The van der Waals surface area contributed by atoms with Crippen molar-refractivity contribution in [3.05, 3.63) is 81.4 Å². The fourth-order valence-electron chi connectivity index (χ4n) is 2.09. The summed E-state index contributed by atoms with van der Waals surface area (Å²) < 4.78 is 0. The Bertz CT molecular complexity index is 854. The summed E-state index contributed by atoms with van der Waals surface area (Å²) in [6.45, 7) is 0. The molecule has 0 spiro atoms. The fraction of sp³-hybridized carbons (Fsp3) is 0.0588. The topological polar surface area (TPSA) is 68.9 Å². The van der Waals surface area contributed by atoms with E-state index in [0.717, 1.165) is 21.9 Å². The van der Waals surface area contributed by atoms with Crippen LogP contribution >= 0.6 is 23.4 Å². The number of nitro groups is 1. The highest BCUT2D eigenvalue weighted by atomic mass is 35.5. The molecule has 0 radical (unpaired) electrons. The molecule has 24 heavy (non-hydrogen) atoms.